The molecule has 1 rings (SSSR count). The summed E-state index contributed by atoms with van der Waals surface area (Å²) < 4.78 is 13.0. The monoisotopic (exact) mass is 197 g/mol. The van der Waals surface area contributed by atoms with Crippen molar-refractivity contribution >= 4 is 0 Å². The lowest BCUT2D eigenvalue weighted by Gasteiger charge is -2.16. The van der Waals surface area contributed by atoms with Crippen molar-refractivity contribution in [2.24, 2.45) is 11.7 Å². The van der Waals surface area contributed by atoms with Crippen molar-refractivity contribution in [1.82, 2.24) is 0 Å². The van der Waals surface area contributed by atoms with E-state index in [0.717, 1.165) is 5.56 Å². The lowest BCUT2D eigenvalue weighted by atomic mass is 9.95. The quantitative estimate of drug-likeness (QED) is 0.778. The largest absolute Gasteiger partial charge is 0.392 e. The number of halogens is 1. The van der Waals surface area contributed by atoms with Crippen molar-refractivity contribution in [2.75, 3.05) is 0 Å². The molecule has 0 spiro atoms. The molecule has 2 nitrogen and oxygen atoms in total. The zero-order chi connectivity index (χ0) is 10.7. The molecular formula is C11H16FNO. The highest BCUT2D eigenvalue weighted by Gasteiger charge is 2.12. The molecular weight excluding hydrogens is 181 g/mol. The van der Waals surface area contributed by atoms with Crippen molar-refractivity contribution in [2.45, 2.75) is 26.5 Å². The minimum absolute atomic E-state index is 0.110. The van der Waals surface area contributed by atoms with E-state index in [4.69, 9.17) is 10.8 Å². The van der Waals surface area contributed by atoms with Crippen LogP contribution in [0.1, 0.15) is 31.0 Å². The molecule has 0 fully saturated rings. The fourth-order valence-corrected chi connectivity index (χ4v) is 1.31. The smallest absolute Gasteiger partial charge is 0.128 e. The lowest BCUT2D eigenvalue weighted by Crippen LogP contribution is -2.17. The Bertz CT molecular complexity index is 312. The van der Waals surface area contributed by atoms with Crippen LogP contribution in [0.25, 0.3) is 0 Å². The van der Waals surface area contributed by atoms with Gasteiger partial charge in [0, 0.05) is 11.6 Å². The van der Waals surface area contributed by atoms with Crippen LogP contribution in [0.15, 0.2) is 18.2 Å². The molecule has 0 heterocycles. The summed E-state index contributed by atoms with van der Waals surface area (Å²) >= 11 is 0. The number of aliphatic hydroxyl groups is 1. The van der Waals surface area contributed by atoms with E-state index in [2.05, 4.69) is 0 Å². The average molecular weight is 197 g/mol. The van der Waals surface area contributed by atoms with Gasteiger partial charge in [0.15, 0.2) is 0 Å². The summed E-state index contributed by atoms with van der Waals surface area (Å²) in [4.78, 5) is 0. The maximum atomic E-state index is 13.0. The number of hydrogen-bond donors (Lipinski definition) is 2. The van der Waals surface area contributed by atoms with Crippen LogP contribution in [-0.2, 0) is 6.61 Å². The van der Waals surface area contributed by atoms with Crippen LogP contribution in [0, 0.1) is 11.7 Å². The molecule has 3 N–H and O–H groups in total. The Morgan fingerprint density at radius 2 is 2.07 bits per heavy atom. The van der Waals surface area contributed by atoms with Crippen LogP contribution in [0.5, 0.6) is 0 Å². The lowest BCUT2D eigenvalue weighted by molar-refractivity contribution is 0.275. The molecule has 0 saturated carbocycles. The van der Waals surface area contributed by atoms with Crippen LogP contribution in [0.2, 0.25) is 0 Å². The summed E-state index contributed by atoms with van der Waals surface area (Å²) in [6.07, 6.45) is 0. The molecule has 0 radical (unpaired) electrons. The van der Waals surface area contributed by atoms with Crippen LogP contribution in [-0.4, -0.2) is 5.11 Å². The second kappa shape index (κ2) is 4.53. The molecule has 3 heteroatoms. The Labute approximate surface area is 83.6 Å². The van der Waals surface area contributed by atoms with Gasteiger partial charge in [-0.2, -0.15) is 0 Å². The molecule has 14 heavy (non-hydrogen) atoms. The first-order valence-corrected chi connectivity index (χ1v) is 4.71. The Morgan fingerprint density at radius 1 is 1.43 bits per heavy atom. The van der Waals surface area contributed by atoms with Crippen molar-refractivity contribution in [3.05, 3.63) is 35.1 Å². The van der Waals surface area contributed by atoms with E-state index in [0.29, 0.717) is 11.5 Å². The van der Waals surface area contributed by atoms with E-state index in [9.17, 15) is 4.39 Å². The molecule has 78 valence electrons. The third-order valence-corrected chi connectivity index (χ3v) is 2.34. The fraction of sp³-hybridized carbons (Fsp3) is 0.455. The van der Waals surface area contributed by atoms with E-state index >= 15 is 0 Å². The highest BCUT2D eigenvalue weighted by Crippen LogP contribution is 2.21. The van der Waals surface area contributed by atoms with Crippen molar-refractivity contribution in [3.63, 3.8) is 0 Å². The standard InChI is InChI=1S/C11H16FNO/c1-7(2)11(13)8-3-4-10(12)9(5-8)6-14/h3-5,7,11,14H,6,13H2,1-2H3/t11-/m1/s1. The Kier molecular flexibility index (Phi) is 3.61. The van der Waals surface area contributed by atoms with Gasteiger partial charge >= 0.3 is 0 Å². The molecule has 1 aromatic rings. The Balaban J connectivity index is 3.00. The number of hydrogen-bond acceptors (Lipinski definition) is 2. The molecule has 0 aliphatic carbocycles. The van der Waals surface area contributed by atoms with E-state index in [1.165, 1.54) is 6.07 Å². The van der Waals surface area contributed by atoms with Gasteiger partial charge in [-0.05, 0) is 23.6 Å². The van der Waals surface area contributed by atoms with E-state index in [1.54, 1.807) is 12.1 Å². The Hall–Kier alpha value is -0.930. The first-order valence-electron chi connectivity index (χ1n) is 4.71. The zero-order valence-corrected chi connectivity index (χ0v) is 8.50. The zero-order valence-electron chi connectivity index (χ0n) is 8.50. The van der Waals surface area contributed by atoms with E-state index in [-0.39, 0.29) is 18.5 Å². The topological polar surface area (TPSA) is 46.2 Å². The third-order valence-electron chi connectivity index (χ3n) is 2.34. The average Bonchev–Trinajstić information content (AvgIpc) is 2.17. The molecule has 1 aromatic carbocycles. The summed E-state index contributed by atoms with van der Waals surface area (Å²) in [6.45, 7) is 3.73. The van der Waals surface area contributed by atoms with Gasteiger partial charge in [-0.25, -0.2) is 4.39 Å². The molecule has 0 aliphatic rings. The van der Waals surface area contributed by atoms with Crippen LogP contribution >= 0.6 is 0 Å². The van der Waals surface area contributed by atoms with Gasteiger partial charge in [0.25, 0.3) is 0 Å². The maximum Gasteiger partial charge on any atom is 0.128 e. The SMILES string of the molecule is CC(C)[C@@H](N)c1ccc(F)c(CO)c1. The van der Waals surface area contributed by atoms with Crippen molar-refractivity contribution in [1.29, 1.82) is 0 Å². The number of nitrogens with two attached hydrogens (primary N) is 1. The molecule has 0 aliphatic heterocycles. The first-order chi connectivity index (χ1) is 6.56. The van der Waals surface area contributed by atoms with Gasteiger partial charge in [0.05, 0.1) is 6.61 Å². The normalized spacial score (nSPS) is 13.3. The molecule has 0 aromatic heterocycles. The predicted molar refractivity (Wildman–Crippen MR) is 54.1 cm³/mol. The summed E-state index contributed by atoms with van der Waals surface area (Å²) in [5.41, 5.74) is 7.08. The Morgan fingerprint density at radius 3 is 2.57 bits per heavy atom. The first kappa shape index (κ1) is 11.1. The van der Waals surface area contributed by atoms with Gasteiger partial charge in [-0.1, -0.05) is 19.9 Å². The minimum Gasteiger partial charge on any atom is -0.392 e. The third kappa shape index (κ3) is 2.30. The van der Waals surface area contributed by atoms with Crippen molar-refractivity contribution < 1.29 is 9.50 Å². The maximum absolute atomic E-state index is 13.0. The van der Waals surface area contributed by atoms with E-state index < -0.39 is 0 Å². The van der Waals surface area contributed by atoms with Crippen LogP contribution < -0.4 is 5.73 Å². The van der Waals surface area contributed by atoms with Gasteiger partial charge < -0.3 is 10.8 Å². The van der Waals surface area contributed by atoms with Crippen LogP contribution in [0.3, 0.4) is 0 Å². The highest BCUT2D eigenvalue weighted by molar-refractivity contribution is 5.27. The molecule has 0 bridgehead atoms. The predicted octanol–water partition coefficient (Wildman–Crippen LogP) is 1.97. The second-order valence-corrected chi connectivity index (χ2v) is 3.78. The van der Waals surface area contributed by atoms with Gasteiger partial charge in [0.1, 0.15) is 5.82 Å². The molecule has 0 unspecified atom stereocenters. The number of aliphatic hydroxyl groups excluding tert-OH is 1. The summed E-state index contributed by atoms with van der Waals surface area (Å²) in [5, 5.41) is 8.88. The van der Waals surface area contributed by atoms with Gasteiger partial charge in [-0.3, -0.25) is 0 Å². The number of benzene rings is 1. The summed E-state index contributed by atoms with van der Waals surface area (Å²) in [6, 6.07) is 4.53. The summed E-state index contributed by atoms with van der Waals surface area (Å²) in [7, 11) is 0. The minimum atomic E-state index is -0.382. The van der Waals surface area contributed by atoms with Crippen molar-refractivity contribution in [3.8, 4) is 0 Å². The molecule has 1 atom stereocenters. The molecule has 0 saturated heterocycles. The van der Waals surface area contributed by atoms with Crippen LogP contribution in [0.4, 0.5) is 4.39 Å². The summed E-state index contributed by atoms with van der Waals surface area (Å²) in [5.74, 6) is -0.0841. The second-order valence-electron chi connectivity index (χ2n) is 3.78. The highest BCUT2D eigenvalue weighted by atomic mass is 19.1. The van der Waals surface area contributed by atoms with E-state index in [1.807, 2.05) is 13.8 Å². The molecule has 0 amide bonds. The van der Waals surface area contributed by atoms with Gasteiger partial charge in [0.2, 0.25) is 0 Å². The fourth-order valence-electron chi connectivity index (χ4n) is 1.31. The van der Waals surface area contributed by atoms with Gasteiger partial charge in [-0.15, -0.1) is 0 Å². The number of rotatable bonds is 3.